The first-order valence-corrected chi connectivity index (χ1v) is 9.26. The minimum absolute atomic E-state index is 0.490. The Morgan fingerprint density at radius 2 is 0.800 bits per heavy atom. The molecule has 1 aliphatic rings. The molecule has 0 aromatic carbocycles. The second-order valence-electron chi connectivity index (χ2n) is 3.83. The van der Waals surface area contributed by atoms with Crippen molar-refractivity contribution in [2.75, 3.05) is 0 Å². The van der Waals surface area contributed by atoms with Gasteiger partial charge in [0.1, 0.15) is 0 Å². The van der Waals surface area contributed by atoms with E-state index in [-0.39, 0.29) is 0 Å². The molecular weight excluding hydrogens is 522 g/mol. The van der Waals surface area contributed by atoms with Gasteiger partial charge < -0.3 is 0 Å². The zero-order valence-corrected chi connectivity index (χ0v) is 18.2. The van der Waals surface area contributed by atoms with Gasteiger partial charge in [-0.3, -0.25) is 0 Å². The topological polar surface area (TPSA) is 0 Å². The van der Waals surface area contributed by atoms with E-state index in [0.29, 0.717) is 19.3 Å². The van der Waals surface area contributed by atoms with E-state index in [2.05, 4.69) is 0 Å². The van der Waals surface area contributed by atoms with Crippen LogP contribution >= 0.6 is 139 Å². The van der Waals surface area contributed by atoms with Gasteiger partial charge in [-0.15, -0.1) is 0 Å². The van der Waals surface area contributed by atoms with Crippen LogP contribution in [0.15, 0.2) is 0 Å². The summed E-state index contributed by atoms with van der Waals surface area (Å²) in [5.74, 6) is 0. The van der Waals surface area contributed by atoms with Crippen molar-refractivity contribution in [3.05, 3.63) is 0 Å². The average Bonchev–Trinajstić information content (AvgIpc) is 2.11. The predicted molar refractivity (Wildman–Crippen MR) is 97.7 cm³/mol. The van der Waals surface area contributed by atoms with E-state index in [0.717, 1.165) is 0 Å². The van der Waals surface area contributed by atoms with Gasteiger partial charge in [-0.1, -0.05) is 139 Å². The van der Waals surface area contributed by atoms with Gasteiger partial charge in [0, 0.05) is 0 Å². The number of hydrogen-bond acceptors (Lipinski definition) is 0. The molecule has 0 aliphatic heterocycles. The maximum Gasteiger partial charge on any atom is 0.236 e. The Kier molecular flexibility index (Phi) is 9.15. The van der Waals surface area contributed by atoms with Gasteiger partial charge in [-0.05, 0) is 19.3 Å². The Morgan fingerprint density at radius 3 is 0.950 bits per heavy atom. The van der Waals surface area contributed by atoms with E-state index in [1.54, 1.807) is 0 Å². The second kappa shape index (κ2) is 7.79. The lowest BCUT2D eigenvalue weighted by molar-refractivity contribution is 0.429. The van der Waals surface area contributed by atoms with Crippen molar-refractivity contribution in [1.29, 1.82) is 0 Å². The molecule has 0 radical (unpaired) electrons. The third-order valence-corrected chi connectivity index (χ3v) is 8.75. The maximum atomic E-state index is 5.89. The molecule has 1 fully saturated rings. The normalized spacial score (nSPS) is 24.6. The van der Waals surface area contributed by atoms with Crippen LogP contribution in [0.25, 0.3) is 0 Å². The molecule has 0 bridgehead atoms. The largest absolute Gasteiger partial charge is 0.236 e. The fourth-order valence-electron chi connectivity index (χ4n) is 1.11. The van der Waals surface area contributed by atoms with Crippen molar-refractivity contribution < 1.29 is 0 Å². The lowest BCUT2D eigenvalue weighted by atomic mass is 9.97. The summed E-state index contributed by atoms with van der Waals surface area (Å²) in [6.45, 7) is 0. The lowest BCUT2D eigenvalue weighted by Gasteiger charge is -2.45. The fraction of sp³-hybridized carbons (Fsp3) is 1.00. The molecular formula is C8H6Cl12. The van der Waals surface area contributed by atoms with Crippen LogP contribution in [-0.4, -0.2) is 20.6 Å². The summed E-state index contributed by atoms with van der Waals surface area (Å²) < 4.78 is -7.78. The number of alkyl halides is 12. The molecule has 1 rings (SSSR count). The zero-order chi connectivity index (χ0) is 16.6. The highest BCUT2D eigenvalue weighted by atomic mass is 35.6. The Bertz CT molecular complexity index is 291. The summed E-state index contributed by atoms with van der Waals surface area (Å²) in [4.78, 5) is 0. The highest BCUT2D eigenvalue weighted by molar-refractivity contribution is 6.83. The van der Waals surface area contributed by atoms with E-state index in [1.165, 1.54) is 0 Å². The monoisotopic (exact) mass is 522 g/mol. The van der Waals surface area contributed by atoms with E-state index in [4.69, 9.17) is 139 Å². The molecule has 0 N–H and O–H groups in total. The molecule has 0 spiro atoms. The third-order valence-electron chi connectivity index (χ3n) is 2.22. The Balaban J connectivity index is 0.000000396. The van der Waals surface area contributed by atoms with Gasteiger partial charge in [-0.2, -0.15) is 0 Å². The Hall–Kier alpha value is 3.48. The summed E-state index contributed by atoms with van der Waals surface area (Å²) in [6, 6.07) is 0. The summed E-state index contributed by atoms with van der Waals surface area (Å²) in [7, 11) is 0. The van der Waals surface area contributed by atoms with Crippen LogP contribution in [0.4, 0.5) is 0 Å². The number of rotatable bonds is 0. The highest BCUT2D eigenvalue weighted by Crippen LogP contribution is 2.60. The van der Waals surface area contributed by atoms with Gasteiger partial charge in [0.05, 0.1) is 0 Å². The van der Waals surface area contributed by atoms with E-state index < -0.39 is 20.6 Å². The molecule has 0 amide bonds. The summed E-state index contributed by atoms with van der Waals surface area (Å²) in [5.41, 5.74) is 0. The first kappa shape index (κ1) is 23.5. The van der Waals surface area contributed by atoms with Crippen LogP contribution in [0, 0.1) is 0 Å². The summed E-state index contributed by atoms with van der Waals surface area (Å²) >= 11 is 66.2. The van der Waals surface area contributed by atoms with Crippen LogP contribution in [0.1, 0.15) is 19.3 Å². The van der Waals surface area contributed by atoms with Crippen molar-refractivity contribution in [3.63, 3.8) is 0 Å². The van der Waals surface area contributed by atoms with Crippen molar-refractivity contribution in [2.24, 2.45) is 0 Å². The van der Waals surface area contributed by atoms with Crippen LogP contribution in [0.5, 0.6) is 0 Å². The van der Waals surface area contributed by atoms with E-state index in [9.17, 15) is 0 Å². The molecule has 0 unspecified atom stereocenters. The van der Waals surface area contributed by atoms with Crippen molar-refractivity contribution in [2.45, 2.75) is 39.8 Å². The molecule has 0 atom stereocenters. The van der Waals surface area contributed by atoms with Crippen molar-refractivity contribution >= 4 is 139 Å². The standard InChI is InChI=1S/C6H6Cl6.C2Cl6/c7-4(8)2-1-3-5(9,10)6(4,11)12;3-1(4,5)2(6,7)8/h1-3H2;. The molecule has 0 aromatic heterocycles. The number of hydrogen-bond donors (Lipinski definition) is 0. The van der Waals surface area contributed by atoms with Gasteiger partial charge in [0.25, 0.3) is 0 Å². The molecule has 1 saturated carbocycles. The fourth-order valence-corrected chi connectivity index (χ4v) is 2.87. The zero-order valence-electron chi connectivity index (χ0n) is 9.16. The summed E-state index contributed by atoms with van der Waals surface area (Å²) in [6.07, 6.45) is 1.69. The molecule has 0 saturated heterocycles. The predicted octanol–water partition coefficient (Wildman–Crippen LogP) is 8.42. The average molecular weight is 528 g/mol. The molecule has 0 heterocycles. The maximum absolute atomic E-state index is 5.89. The molecule has 122 valence electrons. The van der Waals surface area contributed by atoms with Crippen LogP contribution in [0.3, 0.4) is 0 Å². The van der Waals surface area contributed by atoms with Gasteiger partial charge >= 0.3 is 0 Å². The number of halogens is 12. The lowest BCUT2D eigenvalue weighted by Crippen LogP contribution is -2.52. The van der Waals surface area contributed by atoms with Crippen LogP contribution in [-0.2, 0) is 0 Å². The van der Waals surface area contributed by atoms with Gasteiger partial charge in [0.15, 0.2) is 13.0 Å². The van der Waals surface area contributed by atoms with Crippen LogP contribution < -0.4 is 0 Å². The molecule has 12 heteroatoms. The highest BCUT2D eigenvalue weighted by Gasteiger charge is 2.62. The summed E-state index contributed by atoms with van der Waals surface area (Å²) in [5, 5.41) is 0. The van der Waals surface area contributed by atoms with Gasteiger partial charge in [-0.25, -0.2) is 0 Å². The minimum atomic E-state index is -1.85. The van der Waals surface area contributed by atoms with Crippen molar-refractivity contribution in [3.8, 4) is 0 Å². The quantitative estimate of drug-likeness (QED) is 0.278. The van der Waals surface area contributed by atoms with E-state index in [1.807, 2.05) is 0 Å². The minimum Gasteiger partial charge on any atom is -0.0982 e. The first-order valence-electron chi connectivity index (χ1n) is 4.72. The smallest absolute Gasteiger partial charge is 0.0982 e. The second-order valence-corrected chi connectivity index (χ2v) is 12.7. The van der Waals surface area contributed by atoms with Gasteiger partial charge in [0.2, 0.25) is 7.59 Å². The Labute approximate surface area is 177 Å². The molecule has 0 nitrogen and oxygen atoms in total. The molecule has 1 aliphatic carbocycles. The molecule has 0 aromatic rings. The third kappa shape index (κ3) is 6.08. The van der Waals surface area contributed by atoms with E-state index >= 15 is 0 Å². The van der Waals surface area contributed by atoms with Crippen LogP contribution in [0.2, 0.25) is 0 Å². The van der Waals surface area contributed by atoms with Crippen molar-refractivity contribution in [1.82, 2.24) is 0 Å². The SMILES string of the molecule is ClC(Cl)(Cl)C(Cl)(Cl)Cl.ClC1(Cl)CCCC(Cl)(Cl)C1(Cl)Cl. The Morgan fingerprint density at radius 1 is 0.550 bits per heavy atom. The first-order chi connectivity index (χ1) is 8.46. The molecule has 20 heavy (non-hydrogen) atoms.